The van der Waals surface area contributed by atoms with Crippen molar-refractivity contribution in [2.75, 3.05) is 20.1 Å². The minimum Gasteiger partial charge on any atom is -0.301 e. The highest BCUT2D eigenvalue weighted by molar-refractivity contribution is 5.23. The van der Waals surface area contributed by atoms with E-state index in [-0.39, 0.29) is 0 Å². The summed E-state index contributed by atoms with van der Waals surface area (Å²) in [5.74, 6) is 0. The normalized spacial score (nSPS) is 29.4. The summed E-state index contributed by atoms with van der Waals surface area (Å²) in [6.45, 7) is 5.59. The number of likely N-dealkylation sites (N-methyl/N-ethyl adjacent to an activating group) is 1. The smallest absolute Gasteiger partial charge is 0.0538 e. The molecule has 1 aliphatic rings. The maximum atomic E-state index is 3.82. The summed E-state index contributed by atoms with van der Waals surface area (Å²) in [4.78, 5) is 6.12. The van der Waals surface area contributed by atoms with Crippen molar-refractivity contribution in [1.29, 1.82) is 0 Å². The summed E-state index contributed by atoms with van der Waals surface area (Å²) in [7, 11) is 2.12. The van der Waals surface area contributed by atoms with Gasteiger partial charge in [0.15, 0.2) is 0 Å². The standard InChI is InChI=1S/C6H12N2/c1-7-5-6-3-4-8(6)2/h6H,1,3-5H2,2H3. The second-order valence-electron chi connectivity index (χ2n) is 2.33. The summed E-state index contributed by atoms with van der Waals surface area (Å²) < 4.78 is 0. The Hall–Kier alpha value is -0.370. The predicted molar refractivity (Wildman–Crippen MR) is 35.5 cm³/mol. The van der Waals surface area contributed by atoms with E-state index in [0.717, 1.165) is 6.54 Å². The Morgan fingerprint density at radius 3 is 2.75 bits per heavy atom. The van der Waals surface area contributed by atoms with E-state index in [1.807, 2.05) is 0 Å². The molecule has 8 heavy (non-hydrogen) atoms. The zero-order valence-electron chi connectivity index (χ0n) is 5.30. The van der Waals surface area contributed by atoms with Crippen molar-refractivity contribution in [3.8, 4) is 0 Å². The van der Waals surface area contributed by atoms with Crippen LogP contribution in [0.3, 0.4) is 0 Å². The molecule has 1 heterocycles. The molecule has 46 valence electrons. The quantitative estimate of drug-likeness (QED) is 0.472. The molecule has 1 fully saturated rings. The first-order valence-electron chi connectivity index (χ1n) is 2.97. The monoisotopic (exact) mass is 112 g/mol. The van der Waals surface area contributed by atoms with E-state index in [1.54, 1.807) is 0 Å². The van der Waals surface area contributed by atoms with Crippen LogP contribution < -0.4 is 0 Å². The molecule has 1 rings (SSSR count). The topological polar surface area (TPSA) is 15.6 Å². The Labute approximate surface area is 50.2 Å². The summed E-state index contributed by atoms with van der Waals surface area (Å²) in [5, 5.41) is 0. The number of hydrogen-bond donors (Lipinski definition) is 0. The number of hydrogen-bond acceptors (Lipinski definition) is 2. The molecule has 2 heteroatoms. The van der Waals surface area contributed by atoms with Gasteiger partial charge >= 0.3 is 0 Å². The SMILES string of the molecule is C=NCC1CCN1C. The number of rotatable bonds is 2. The van der Waals surface area contributed by atoms with E-state index < -0.39 is 0 Å². The van der Waals surface area contributed by atoms with Crippen molar-refractivity contribution in [3.63, 3.8) is 0 Å². The highest BCUT2D eigenvalue weighted by Crippen LogP contribution is 2.13. The van der Waals surface area contributed by atoms with Crippen LogP contribution in [0.15, 0.2) is 4.99 Å². The molecule has 1 unspecified atom stereocenters. The number of likely N-dealkylation sites (tertiary alicyclic amines) is 1. The van der Waals surface area contributed by atoms with Crippen molar-refractivity contribution in [2.24, 2.45) is 4.99 Å². The third-order valence-electron chi connectivity index (χ3n) is 1.78. The van der Waals surface area contributed by atoms with Gasteiger partial charge in [0.05, 0.1) is 6.54 Å². The predicted octanol–water partition coefficient (Wildman–Crippen LogP) is 0.391. The van der Waals surface area contributed by atoms with Crippen molar-refractivity contribution in [2.45, 2.75) is 12.5 Å². The first-order valence-corrected chi connectivity index (χ1v) is 2.97. The highest BCUT2D eigenvalue weighted by Gasteiger charge is 2.22. The lowest BCUT2D eigenvalue weighted by atomic mass is 10.1. The maximum Gasteiger partial charge on any atom is 0.0538 e. The van der Waals surface area contributed by atoms with Crippen molar-refractivity contribution in [3.05, 3.63) is 0 Å². The van der Waals surface area contributed by atoms with Gasteiger partial charge in [-0.25, -0.2) is 0 Å². The summed E-state index contributed by atoms with van der Waals surface area (Å²) in [5.41, 5.74) is 0. The zero-order valence-corrected chi connectivity index (χ0v) is 5.30. The largest absolute Gasteiger partial charge is 0.301 e. The fourth-order valence-corrected chi connectivity index (χ4v) is 0.950. The van der Waals surface area contributed by atoms with E-state index in [0.29, 0.717) is 6.04 Å². The van der Waals surface area contributed by atoms with Crippen LogP contribution in [0.1, 0.15) is 6.42 Å². The van der Waals surface area contributed by atoms with Crippen LogP contribution in [-0.4, -0.2) is 37.8 Å². The van der Waals surface area contributed by atoms with E-state index in [9.17, 15) is 0 Å². The maximum absolute atomic E-state index is 3.82. The molecule has 0 radical (unpaired) electrons. The molecule has 0 spiro atoms. The third-order valence-corrected chi connectivity index (χ3v) is 1.78. The lowest BCUT2D eigenvalue weighted by molar-refractivity contribution is 0.134. The van der Waals surface area contributed by atoms with Gasteiger partial charge < -0.3 is 4.90 Å². The summed E-state index contributed by atoms with van der Waals surface area (Å²) in [6.07, 6.45) is 1.30. The minimum atomic E-state index is 0.701. The number of nitrogens with zero attached hydrogens (tertiary/aromatic N) is 2. The average molecular weight is 112 g/mol. The van der Waals surface area contributed by atoms with Crippen LogP contribution in [0.25, 0.3) is 0 Å². The van der Waals surface area contributed by atoms with Crippen molar-refractivity contribution < 1.29 is 0 Å². The van der Waals surface area contributed by atoms with Gasteiger partial charge in [-0.3, -0.25) is 4.99 Å². The molecule has 0 amide bonds. The van der Waals surface area contributed by atoms with E-state index >= 15 is 0 Å². The molecule has 1 saturated heterocycles. The Morgan fingerprint density at radius 1 is 1.88 bits per heavy atom. The minimum absolute atomic E-state index is 0.701. The molecule has 0 saturated carbocycles. The van der Waals surface area contributed by atoms with Crippen LogP contribution in [0.5, 0.6) is 0 Å². The van der Waals surface area contributed by atoms with Crippen molar-refractivity contribution >= 4 is 6.72 Å². The molecule has 0 aromatic heterocycles. The van der Waals surface area contributed by atoms with Crippen LogP contribution in [0.4, 0.5) is 0 Å². The molecule has 1 aliphatic heterocycles. The van der Waals surface area contributed by atoms with E-state index in [2.05, 4.69) is 23.7 Å². The van der Waals surface area contributed by atoms with Gasteiger partial charge in [0.1, 0.15) is 0 Å². The van der Waals surface area contributed by atoms with Gasteiger partial charge in [0.2, 0.25) is 0 Å². The Kier molecular flexibility index (Phi) is 1.63. The second kappa shape index (κ2) is 2.27. The summed E-state index contributed by atoms with van der Waals surface area (Å²) >= 11 is 0. The first-order chi connectivity index (χ1) is 3.84. The molecule has 0 aromatic rings. The first kappa shape index (κ1) is 5.76. The molecular weight excluding hydrogens is 100 g/mol. The molecule has 0 bridgehead atoms. The second-order valence-corrected chi connectivity index (χ2v) is 2.33. The molecule has 2 nitrogen and oxygen atoms in total. The van der Waals surface area contributed by atoms with Crippen LogP contribution >= 0.6 is 0 Å². The summed E-state index contributed by atoms with van der Waals surface area (Å²) in [6, 6.07) is 0.701. The van der Waals surface area contributed by atoms with Gasteiger partial charge in [0, 0.05) is 6.04 Å². The molecule has 0 N–H and O–H groups in total. The van der Waals surface area contributed by atoms with Gasteiger partial charge in [-0.2, -0.15) is 0 Å². The zero-order chi connectivity index (χ0) is 5.98. The Bertz CT molecular complexity index is 90.5. The van der Waals surface area contributed by atoms with Crippen LogP contribution in [-0.2, 0) is 0 Å². The average Bonchev–Trinajstić information content (AvgIpc) is 1.79. The van der Waals surface area contributed by atoms with Gasteiger partial charge in [-0.1, -0.05) is 0 Å². The lowest BCUT2D eigenvalue weighted by Crippen LogP contribution is -2.46. The molecule has 0 aliphatic carbocycles. The van der Waals surface area contributed by atoms with Crippen molar-refractivity contribution in [1.82, 2.24) is 4.90 Å². The Morgan fingerprint density at radius 2 is 2.62 bits per heavy atom. The van der Waals surface area contributed by atoms with E-state index in [1.165, 1.54) is 13.0 Å². The number of aliphatic imine (C=N–C) groups is 1. The van der Waals surface area contributed by atoms with Gasteiger partial charge in [0.25, 0.3) is 0 Å². The molecule has 1 atom stereocenters. The van der Waals surface area contributed by atoms with Crippen LogP contribution in [0, 0.1) is 0 Å². The highest BCUT2D eigenvalue weighted by atomic mass is 15.2. The fourth-order valence-electron chi connectivity index (χ4n) is 0.950. The Balaban J connectivity index is 2.16. The third kappa shape index (κ3) is 0.892. The molecular formula is C6H12N2. The van der Waals surface area contributed by atoms with Gasteiger partial charge in [-0.15, -0.1) is 0 Å². The van der Waals surface area contributed by atoms with E-state index in [4.69, 9.17) is 0 Å². The molecule has 0 aromatic carbocycles. The van der Waals surface area contributed by atoms with Gasteiger partial charge in [-0.05, 0) is 26.7 Å². The fraction of sp³-hybridized carbons (Fsp3) is 0.833. The lowest BCUT2D eigenvalue weighted by Gasteiger charge is -2.36. The van der Waals surface area contributed by atoms with Crippen LogP contribution in [0.2, 0.25) is 0 Å².